The molecule has 10 nitrogen and oxygen atoms in total. The van der Waals surface area contributed by atoms with E-state index in [2.05, 4.69) is 10.1 Å². The minimum atomic E-state index is -4.67. The quantitative estimate of drug-likeness (QED) is 0.594. The zero-order valence-corrected chi connectivity index (χ0v) is 22.6. The third kappa shape index (κ3) is 5.12. The number of aliphatic hydroxyl groups is 1. The molecule has 3 aliphatic heterocycles. The van der Waals surface area contributed by atoms with Crippen LogP contribution in [0.25, 0.3) is 0 Å². The highest BCUT2D eigenvalue weighted by Gasteiger charge is 2.61. The van der Waals surface area contributed by atoms with Gasteiger partial charge in [-0.05, 0) is 59.3 Å². The van der Waals surface area contributed by atoms with Gasteiger partial charge < -0.3 is 24.0 Å². The second-order valence-electron chi connectivity index (χ2n) is 12.5. The van der Waals surface area contributed by atoms with E-state index < -0.39 is 71.5 Å². The second-order valence-corrected chi connectivity index (χ2v) is 12.5. The molecular formula is C26H37F3N4O6. The van der Waals surface area contributed by atoms with Crippen LogP contribution in [0.4, 0.5) is 18.0 Å². The average molecular weight is 559 g/mol. The molecule has 39 heavy (non-hydrogen) atoms. The van der Waals surface area contributed by atoms with E-state index in [-0.39, 0.29) is 31.9 Å². The number of carbonyl (C=O) groups is 2. The van der Waals surface area contributed by atoms with Crippen LogP contribution in [0.1, 0.15) is 90.0 Å². The van der Waals surface area contributed by atoms with Crippen molar-refractivity contribution in [2.45, 2.75) is 108 Å². The van der Waals surface area contributed by atoms with Gasteiger partial charge in [-0.2, -0.15) is 18.2 Å². The standard InChI is InChI=1S/C26H37F3N4O6/c1-23(2,3)38-22(36)33-15-24(7-5-8-24)18(34)14-16(33)20(35)32-11-9-25(10-12-32,26(27,28)29)21-30-19(39-31-21)17-6-4-13-37-17/h16-18,34H,4-15H2,1-3H3/t16-,17?,18+/m0/s1. The van der Waals surface area contributed by atoms with Gasteiger partial charge in [-0.25, -0.2) is 4.79 Å². The fourth-order valence-corrected chi connectivity index (χ4v) is 6.30. The van der Waals surface area contributed by atoms with Crippen molar-refractivity contribution >= 4 is 12.0 Å². The van der Waals surface area contributed by atoms with Gasteiger partial charge in [0.1, 0.15) is 23.2 Å². The van der Waals surface area contributed by atoms with E-state index in [4.69, 9.17) is 14.0 Å². The number of ether oxygens (including phenoxy) is 2. The largest absolute Gasteiger partial charge is 0.444 e. The molecule has 1 unspecified atom stereocenters. The molecule has 4 heterocycles. The molecule has 0 aromatic carbocycles. The zero-order chi connectivity index (χ0) is 28.2. The molecule has 4 aliphatic rings. The van der Waals surface area contributed by atoms with Crippen molar-refractivity contribution in [3.05, 3.63) is 11.7 Å². The topological polar surface area (TPSA) is 118 Å². The number of aliphatic hydroxyl groups excluding tert-OH is 1. The minimum absolute atomic E-state index is 0.0224. The molecule has 1 N–H and O–H groups in total. The summed E-state index contributed by atoms with van der Waals surface area (Å²) in [4.78, 5) is 33.6. The van der Waals surface area contributed by atoms with E-state index in [1.807, 2.05) is 0 Å². The first-order valence-electron chi connectivity index (χ1n) is 13.7. The molecule has 218 valence electrons. The molecule has 1 aromatic heterocycles. The Morgan fingerprint density at radius 2 is 1.79 bits per heavy atom. The van der Waals surface area contributed by atoms with E-state index >= 15 is 0 Å². The number of carbonyl (C=O) groups excluding carboxylic acids is 2. The van der Waals surface area contributed by atoms with E-state index in [0.29, 0.717) is 13.0 Å². The number of piperidine rings is 2. The van der Waals surface area contributed by atoms with Crippen molar-refractivity contribution < 1.29 is 41.9 Å². The van der Waals surface area contributed by atoms with Crippen molar-refractivity contribution in [2.75, 3.05) is 26.2 Å². The molecule has 1 aliphatic carbocycles. The summed E-state index contributed by atoms with van der Waals surface area (Å²) in [7, 11) is 0. The van der Waals surface area contributed by atoms with Crippen LogP contribution in [0.15, 0.2) is 4.52 Å². The summed E-state index contributed by atoms with van der Waals surface area (Å²) < 4.78 is 59.7. The number of hydrogen-bond donors (Lipinski definition) is 1. The fraction of sp³-hybridized carbons (Fsp3) is 0.846. The second kappa shape index (κ2) is 9.90. The number of hydrogen-bond acceptors (Lipinski definition) is 8. The van der Waals surface area contributed by atoms with Gasteiger partial charge in [0.15, 0.2) is 5.82 Å². The molecule has 13 heteroatoms. The average Bonchev–Trinajstić information content (AvgIpc) is 3.53. The first-order valence-corrected chi connectivity index (χ1v) is 13.7. The number of amides is 2. The van der Waals surface area contributed by atoms with Crippen LogP contribution in [-0.4, -0.2) is 87.2 Å². The van der Waals surface area contributed by atoms with Gasteiger partial charge in [0.2, 0.25) is 5.91 Å². The van der Waals surface area contributed by atoms with Crippen LogP contribution in [-0.2, 0) is 19.7 Å². The van der Waals surface area contributed by atoms with Crippen LogP contribution in [0.5, 0.6) is 0 Å². The maximum atomic E-state index is 14.5. The van der Waals surface area contributed by atoms with Crippen LogP contribution >= 0.6 is 0 Å². The lowest BCUT2D eigenvalue weighted by atomic mass is 9.61. The maximum absolute atomic E-state index is 14.5. The van der Waals surface area contributed by atoms with Gasteiger partial charge in [-0.1, -0.05) is 11.6 Å². The Kier molecular flexibility index (Phi) is 7.14. The van der Waals surface area contributed by atoms with Crippen LogP contribution in [0, 0.1) is 5.41 Å². The maximum Gasteiger partial charge on any atom is 0.410 e. The van der Waals surface area contributed by atoms with E-state index in [1.165, 1.54) is 9.80 Å². The number of likely N-dealkylation sites (tertiary alicyclic amines) is 2. The molecule has 3 saturated heterocycles. The van der Waals surface area contributed by atoms with Gasteiger partial charge in [-0.3, -0.25) is 9.69 Å². The first kappa shape index (κ1) is 28.1. The Morgan fingerprint density at radius 3 is 2.33 bits per heavy atom. The van der Waals surface area contributed by atoms with Gasteiger partial charge in [0, 0.05) is 38.1 Å². The zero-order valence-electron chi connectivity index (χ0n) is 22.6. The summed E-state index contributed by atoms with van der Waals surface area (Å²) in [6.45, 7) is 5.43. The lowest BCUT2D eigenvalue weighted by Gasteiger charge is -2.54. The normalized spacial score (nSPS) is 28.8. The van der Waals surface area contributed by atoms with Gasteiger partial charge in [-0.15, -0.1) is 0 Å². The van der Waals surface area contributed by atoms with Gasteiger partial charge in [0.25, 0.3) is 5.89 Å². The SMILES string of the molecule is CC(C)(C)OC(=O)N1CC2(CCC2)[C@H](O)C[C@H]1C(=O)N1CCC(c2noc(C3CCCO3)n2)(C(F)(F)F)CC1. The van der Waals surface area contributed by atoms with E-state index in [1.54, 1.807) is 20.8 Å². The predicted molar refractivity (Wildman–Crippen MR) is 129 cm³/mol. The molecule has 0 radical (unpaired) electrons. The number of nitrogens with zero attached hydrogens (tertiary/aromatic N) is 4. The molecule has 0 bridgehead atoms. The molecule has 1 saturated carbocycles. The molecule has 1 aromatic rings. The Balaban J connectivity index is 1.33. The van der Waals surface area contributed by atoms with Crippen molar-refractivity contribution in [3.63, 3.8) is 0 Å². The third-order valence-corrected chi connectivity index (χ3v) is 8.82. The Hall–Kier alpha value is -2.41. The van der Waals surface area contributed by atoms with Gasteiger partial charge >= 0.3 is 12.3 Å². The highest BCUT2D eigenvalue weighted by Crippen LogP contribution is 2.50. The van der Waals surface area contributed by atoms with E-state index in [0.717, 1.165) is 25.7 Å². The van der Waals surface area contributed by atoms with Crippen LogP contribution < -0.4 is 0 Å². The number of alkyl halides is 3. The number of rotatable bonds is 3. The minimum Gasteiger partial charge on any atom is -0.444 e. The van der Waals surface area contributed by atoms with Gasteiger partial charge in [0.05, 0.1) is 6.10 Å². The van der Waals surface area contributed by atoms with Crippen molar-refractivity contribution in [2.24, 2.45) is 5.41 Å². The molecular weight excluding hydrogens is 521 g/mol. The Bertz CT molecular complexity index is 1070. The lowest BCUT2D eigenvalue weighted by molar-refractivity contribution is -0.207. The summed E-state index contributed by atoms with van der Waals surface area (Å²) in [5, 5.41) is 14.6. The highest BCUT2D eigenvalue weighted by molar-refractivity contribution is 5.86. The summed E-state index contributed by atoms with van der Waals surface area (Å²) in [6, 6.07) is -1.02. The molecule has 1 spiro atoms. The Labute approximate surface area is 225 Å². The van der Waals surface area contributed by atoms with Crippen molar-refractivity contribution in [1.82, 2.24) is 19.9 Å². The molecule has 4 fully saturated rings. The smallest absolute Gasteiger partial charge is 0.410 e. The summed E-state index contributed by atoms with van der Waals surface area (Å²) >= 11 is 0. The summed E-state index contributed by atoms with van der Waals surface area (Å²) in [5.74, 6) is -0.889. The summed E-state index contributed by atoms with van der Waals surface area (Å²) in [5.41, 5.74) is -3.63. The first-order chi connectivity index (χ1) is 18.2. The van der Waals surface area contributed by atoms with Crippen LogP contribution in [0.2, 0.25) is 0 Å². The van der Waals surface area contributed by atoms with Crippen LogP contribution in [0.3, 0.4) is 0 Å². The molecule has 3 atom stereocenters. The summed E-state index contributed by atoms with van der Waals surface area (Å²) in [6.07, 6.45) is -3.71. The van der Waals surface area contributed by atoms with Crippen molar-refractivity contribution in [1.29, 1.82) is 0 Å². The molecule has 2 amide bonds. The van der Waals surface area contributed by atoms with E-state index in [9.17, 15) is 27.9 Å². The fourth-order valence-electron chi connectivity index (χ4n) is 6.30. The third-order valence-electron chi connectivity index (χ3n) is 8.82. The molecule has 5 rings (SSSR count). The number of aromatic nitrogens is 2. The highest BCUT2D eigenvalue weighted by atomic mass is 19.4. The number of halogens is 3. The monoisotopic (exact) mass is 558 g/mol. The lowest BCUT2D eigenvalue weighted by Crippen LogP contribution is -2.65. The van der Waals surface area contributed by atoms with Crippen molar-refractivity contribution in [3.8, 4) is 0 Å². The predicted octanol–water partition coefficient (Wildman–Crippen LogP) is 3.88. The Morgan fingerprint density at radius 1 is 1.10 bits per heavy atom.